The first-order valence-electron chi connectivity index (χ1n) is 49.0. The van der Waals surface area contributed by atoms with E-state index in [1.54, 1.807) is 11.1 Å². The van der Waals surface area contributed by atoms with Gasteiger partial charge in [0.1, 0.15) is 0 Å². The van der Waals surface area contributed by atoms with Crippen LogP contribution in [0, 0.1) is 0 Å². The standard InChI is InChI=1S/C34H28.2C32H26.C32H48/c1-24(2)25-17-19-26(20-18-25)27-21-22-31-30-15-9-10-16-32(30)34(33(31)23-27,28-11-5-3-6-12-28)29-13-7-4-8-14-29;1-22(2)24-19-20-28-27-16-8-9-17-30(27)32(31(28)21-24,25-13-4-3-5-14-25)29-18-10-12-23-11-6-7-15-26(23)29;1-22(2)24-17-19-29-28-14-8-9-15-30(28)32(31(29)21-24,26-12-4-3-5-13-26)27-18-16-23-10-6-7-11-25(23)20-27;1-5-7-9-11-13-17-23-32(24-18-14-12-10-8-6-2)30-20-16-15-19-28(30)29-22-21-27(26(3)4)25-31(29)32/h3-24H,1-2H3;2*3-22H,1-2H3;15-16,19-22,25-26H,5-14,17-18,23-24H2,1-4H3. The van der Waals surface area contributed by atoms with Crippen LogP contribution in [0.3, 0.4) is 0 Å². The Labute approximate surface area is 776 Å². The van der Waals surface area contributed by atoms with Crippen molar-refractivity contribution in [1.29, 1.82) is 0 Å². The minimum atomic E-state index is -0.348. The molecule has 2 unspecified atom stereocenters. The first-order valence-corrected chi connectivity index (χ1v) is 49.0. The number of benzene rings is 17. The lowest BCUT2D eigenvalue weighted by Gasteiger charge is -2.35. The van der Waals surface area contributed by atoms with Gasteiger partial charge in [0, 0.05) is 5.41 Å². The summed E-state index contributed by atoms with van der Waals surface area (Å²) in [5.41, 5.74) is 37.9. The first-order chi connectivity index (χ1) is 63.7. The Morgan fingerprint density at radius 3 is 0.977 bits per heavy atom. The Kier molecular flexibility index (Phi) is 26.3. The lowest BCUT2D eigenvalue weighted by Crippen LogP contribution is -2.29. The second-order valence-corrected chi connectivity index (χ2v) is 38.5. The maximum atomic E-state index is 2.59. The summed E-state index contributed by atoms with van der Waals surface area (Å²) in [7, 11) is 0. The highest BCUT2D eigenvalue weighted by molar-refractivity contribution is 5.96. The van der Waals surface area contributed by atoms with Crippen molar-refractivity contribution in [2.45, 2.75) is 204 Å². The van der Waals surface area contributed by atoms with E-state index in [0.717, 1.165) is 0 Å². The van der Waals surface area contributed by atoms with Crippen LogP contribution in [0.4, 0.5) is 0 Å². The number of rotatable bonds is 25. The van der Waals surface area contributed by atoms with E-state index in [4.69, 9.17) is 0 Å². The van der Waals surface area contributed by atoms with Gasteiger partial charge in [-0.15, -0.1) is 0 Å². The van der Waals surface area contributed by atoms with Crippen molar-refractivity contribution in [3.63, 3.8) is 0 Å². The number of unbranched alkanes of at least 4 members (excludes halogenated alkanes) is 10. The summed E-state index contributed by atoms with van der Waals surface area (Å²) in [6.45, 7) is 22.9. The number of fused-ring (bicyclic) bond motifs is 14. The summed E-state index contributed by atoms with van der Waals surface area (Å²) in [4.78, 5) is 0. The summed E-state index contributed by atoms with van der Waals surface area (Å²) in [5, 5.41) is 5.16. The minimum absolute atomic E-state index is 0.229. The Morgan fingerprint density at radius 2 is 0.500 bits per heavy atom. The van der Waals surface area contributed by atoms with Crippen LogP contribution in [0.15, 0.2) is 400 Å². The zero-order valence-corrected chi connectivity index (χ0v) is 78.3. The van der Waals surface area contributed by atoms with E-state index in [-0.39, 0.29) is 21.7 Å². The highest BCUT2D eigenvalue weighted by Crippen LogP contribution is 2.62. The highest BCUT2D eigenvalue weighted by Gasteiger charge is 2.50. The van der Waals surface area contributed by atoms with Gasteiger partial charge in [-0.1, -0.05) is 535 Å². The quantitative estimate of drug-likeness (QED) is 0.0500. The topological polar surface area (TPSA) is 0 Å². The van der Waals surface area contributed by atoms with Gasteiger partial charge in [0.05, 0.1) is 16.2 Å². The highest BCUT2D eigenvalue weighted by atomic mass is 14.5. The van der Waals surface area contributed by atoms with Crippen LogP contribution in [0.25, 0.3) is 77.2 Å². The first kappa shape index (κ1) is 87.9. The molecule has 0 saturated carbocycles. The Bertz CT molecular complexity index is 6690. The van der Waals surface area contributed by atoms with E-state index in [1.807, 2.05) is 0 Å². The van der Waals surface area contributed by atoms with Crippen LogP contribution >= 0.6 is 0 Å². The normalized spacial score (nSPS) is 15.3. The molecule has 648 valence electrons. The molecule has 0 nitrogen and oxygen atoms in total. The molecule has 4 aliphatic rings. The predicted molar refractivity (Wildman–Crippen MR) is 557 cm³/mol. The zero-order valence-electron chi connectivity index (χ0n) is 78.3. The molecule has 130 heavy (non-hydrogen) atoms. The monoisotopic (exact) mass is 1690 g/mol. The van der Waals surface area contributed by atoms with Crippen molar-refractivity contribution in [2.24, 2.45) is 0 Å². The fraction of sp³-hybridized carbons (Fsp3) is 0.246. The second kappa shape index (κ2) is 38.9. The summed E-state index contributed by atoms with van der Waals surface area (Å²) in [6, 6.07) is 149. The molecule has 4 aliphatic carbocycles. The molecule has 0 fully saturated rings. The van der Waals surface area contributed by atoms with Gasteiger partial charge in [-0.2, -0.15) is 0 Å². The van der Waals surface area contributed by atoms with Crippen molar-refractivity contribution >= 4 is 21.5 Å². The van der Waals surface area contributed by atoms with Gasteiger partial charge in [-0.05, 0) is 226 Å². The average molecular weight is 1690 g/mol. The lowest BCUT2D eigenvalue weighted by molar-refractivity contribution is 0.397. The molecular formula is C130H128. The summed E-state index contributed by atoms with van der Waals surface area (Å²) >= 11 is 0. The largest absolute Gasteiger partial charge is 0.0719 e. The molecule has 17 aromatic carbocycles. The maximum Gasteiger partial charge on any atom is 0.0719 e. The molecule has 0 radical (unpaired) electrons. The molecule has 0 amide bonds. The molecule has 0 saturated heterocycles. The maximum absolute atomic E-state index is 2.59. The third kappa shape index (κ3) is 16.3. The van der Waals surface area contributed by atoms with Crippen molar-refractivity contribution in [3.05, 3.63) is 501 Å². The van der Waals surface area contributed by atoms with Crippen molar-refractivity contribution < 1.29 is 0 Å². The fourth-order valence-corrected chi connectivity index (χ4v) is 22.8. The van der Waals surface area contributed by atoms with E-state index in [2.05, 4.69) is 470 Å². The minimum Gasteiger partial charge on any atom is -0.0654 e. The third-order valence-corrected chi connectivity index (χ3v) is 29.5. The summed E-state index contributed by atoms with van der Waals surface area (Å²) in [5.74, 6) is 2.08. The molecular weight excluding hydrogens is 1560 g/mol. The van der Waals surface area contributed by atoms with E-state index in [0.29, 0.717) is 23.7 Å². The fourth-order valence-electron chi connectivity index (χ4n) is 22.8. The zero-order chi connectivity index (χ0) is 89.4. The third-order valence-electron chi connectivity index (χ3n) is 29.5. The lowest BCUT2D eigenvalue weighted by atomic mass is 9.66. The van der Waals surface area contributed by atoms with Gasteiger partial charge in [-0.3, -0.25) is 0 Å². The van der Waals surface area contributed by atoms with Crippen LogP contribution in [0.5, 0.6) is 0 Å². The molecule has 0 spiro atoms. The van der Waals surface area contributed by atoms with Gasteiger partial charge in [0.15, 0.2) is 0 Å². The summed E-state index contributed by atoms with van der Waals surface area (Å²) < 4.78 is 0. The van der Waals surface area contributed by atoms with Crippen LogP contribution in [0.2, 0.25) is 0 Å². The van der Waals surface area contributed by atoms with Gasteiger partial charge >= 0.3 is 0 Å². The van der Waals surface area contributed by atoms with Crippen LogP contribution in [0.1, 0.15) is 283 Å². The predicted octanol–water partition coefficient (Wildman–Crippen LogP) is 36.1. The Balaban J connectivity index is 0.000000117. The molecule has 0 aliphatic heterocycles. The molecule has 0 aromatic heterocycles. The van der Waals surface area contributed by atoms with Gasteiger partial charge in [-0.25, -0.2) is 0 Å². The van der Waals surface area contributed by atoms with Gasteiger partial charge < -0.3 is 0 Å². The van der Waals surface area contributed by atoms with Crippen molar-refractivity contribution in [1.82, 2.24) is 0 Å². The van der Waals surface area contributed by atoms with Crippen molar-refractivity contribution in [2.75, 3.05) is 0 Å². The average Bonchev–Trinajstić information content (AvgIpc) is 1.52. The van der Waals surface area contributed by atoms with E-state index >= 15 is 0 Å². The van der Waals surface area contributed by atoms with Gasteiger partial charge in [0.2, 0.25) is 0 Å². The molecule has 17 aromatic rings. The molecule has 0 heterocycles. The molecule has 0 N–H and O–H groups in total. The van der Waals surface area contributed by atoms with Gasteiger partial charge in [0.25, 0.3) is 0 Å². The number of hydrogen-bond acceptors (Lipinski definition) is 0. The second-order valence-electron chi connectivity index (χ2n) is 38.5. The Hall–Kier alpha value is -12.7. The molecule has 2 atom stereocenters. The molecule has 0 heteroatoms. The number of hydrogen-bond donors (Lipinski definition) is 0. The smallest absolute Gasteiger partial charge is 0.0654 e. The molecule has 21 rings (SSSR count). The Morgan fingerprint density at radius 1 is 0.185 bits per heavy atom. The van der Waals surface area contributed by atoms with Crippen LogP contribution in [-0.2, 0) is 21.7 Å². The summed E-state index contributed by atoms with van der Waals surface area (Å²) in [6.07, 6.45) is 19.2. The van der Waals surface area contributed by atoms with Crippen LogP contribution in [-0.4, -0.2) is 0 Å². The van der Waals surface area contributed by atoms with E-state index < -0.39 is 0 Å². The van der Waals surface area contributed by atoms with Crippen molar-refractivity contribution in [3.8, 4) is 55.6 Å². The van der Waals surface area contributed by atoms with Crippen LogP contribution < -0.4 is 0 Å². The molecule has 0 bridgehead atoms. The van der Waals surface area contributed by atoms with E-state index in [9.17, 15) is 0 Å². The van der Waals surface area contributed by atoms with E-state index in [1.165, 1.54) is 256 Å². The SMILES string of the molecule is CC(C)c1ccc(-c2ccc3c(c2)C(c2ccccc2)(c2ccccc2)c2ccccc2-3)cc1.CC(C)c1ccc2c(c1)C(c1ccccc1)(c1ccc3ccccc3c1)c1ccccc1-2.CC(C)c1ccc2c(c1)C(c1ccccc1)(c1cccc3ccccc13)c1ccccc1-2.CCCCCCCCC1(CCCCCCCC)c2ccccc2-c2ccc(C(C)C)cc21.